The summed E-state index contributed by atoms with van der Waals surface area (Å²) in [4.78, 5) is 25.9. The monoisotopic (exact) mass is 340 g/mol. The van der Waals surface area contributed by atoms with Crippen LogP contribution in [0.4, 0.5) is 4.79 Å². The molecule has 1 fully saturated rings. The Morgan fingerprint density at radius 2 is 1.88 bits per heavy atom. The number of hydrogen-bond donors (Lipinski definition) is 1. The summed E-state index contributed by atoms with van der Waals surface area (Å²) < 4.78 is 10.2. The van der Waals surface area contributed by atoms with Crippen LogP contribution in [0.5, 0.6) is 5.75 Å². The summed E-state index contributed by atoms with van der Waals surface area (Å²) >= 11 is 0. The number of hydrogen-bond acceptors (Lipinski definition) is 4. The van der Waals surface area contributed by atoms with Gasteiger partial charge in [-0.2, -0.15) is 0 Å². The molecule has 2 aromatic carbocycles. The number of ether oxygens (including phenoxy) is 2. The molecule has 3 rings (SSSR count). The number of carbonyl (C=O) groups excluding carboxylic acids is 2. The lowest BCUT2D eigenvalue weighted by atomic mass is 10.1. The first-order valence-corrected chi connectivity index (χ1v) is 8.05. The number of carbonyl (C=O) groups is 2. The second-order valence-corrected chi connectivity index (χ2v) is 5.77. The molecular formula is C19H20N2O4. The van der Waals surface area contributed by atoms with E-state index in [0.29, 0.717) is 13.1 Å². The first kappa shape index (κ1) is 16.8. The molecule has 1 saturated heterocycles. The Hall–Kier alpha value is -3.02. The Morgan fingerprint density at radius 1 is 1.16 bits per heavy atom. The van der Waals surface area contributed by atoms with Crippen LogP contribution in [-0.2, 0) is 22.6 Å². The summed E-state index contributed by atoms with van der Waals surface area (Å²) in [7, 11) is 1.60. The Balaban J connectivity index is 1.63. The van der Waals surface area contributed by atoms with E-state index >= 15 is 0 Å². The number of benzene rings is 2. The van der Waals surface area contributed by atoms with Gasteiger partial charge in [0.15, 0.2) is 0 Å². The van der Waals surface area contributed by atoms with Crippen molar-refractivity contribution in [1.82, 2.24) is 10.2 Å². The van der Waals surface area contributed by atoms with Crippen LogP contribution in [0.25, 0.3) is 0 Å². The molecule has 2 amide bonds. The van der Waals surface area contributed by atoms with E-state index < -0.39 is 12.1 Å². The predicted octanol–water partition coefficient (Wildman–Crippen LogP) is 2.33. The maximum absolute atomic E-state index is 12.5. The van der Waals surface area contributed by atoms with Crippen LogP contribution in [0.2, 0.25) is 0 Å². The molecule has 0 aromatic heterocycles. The van der Waals surface area contributed by atoms with Gasteiger partial charge >= 0.3 is 6.09 Å². The van der Waals surface area contributed by atoms with E-state index in [9.17, 15) is 9.59 Å². The molecule has 0 unspecified atom stereocenters. The van der Waals surface area contributed by atoms with Crippen molar-refractivity contribution in [3.8, 4) is 5.75 Å². The first-order valence-electron chi connectivity index (χ1n) is 8.05. The molecule has 0 aliphatic carbocycles. The number of nitrogens with one attached hydrogen (secondary N) is 1. The number of methoxy groups -OCH3 is 1. The lowest BCUT2D eigenvalue weighted by Gasteiger charge is -2.21. The first-order chi connectivity index (χ1) is 12.2. The molecule has 1 N–H and O–H groups in total. The van der Waals surface area contributed by atoms with E-state index in [1.807, 2.05) is 54.6 Å². The van der Waals surface area contributed by atoms with Crippen LogP contribution in [-0.4, -0.2) is 36.7 Å². The SMILES string of the molecule is COc1ccc(CN2C(=O)OC[C@H]2C(=O)NCc2ccccc2)cc1. The van der Waals surface area contributed by atoms with Crippen LogP contribution in [0, 0.1) is 0 Å². The van der Waals surface area contributed by atoms with E-state index in [-0.39, 0.29) is 12.5 Å². The van der Waals surface area contributed by atoms with E-state index in [0.717, 1.165) is 16.9 Å². The summed E-state index contributed by atoms with van der Waals surface area (Å²) in [6.07, 6.45) is -0.476. The summed E-state index contributed by atoms with van der Waals surface area (Å²) in [5.41, 5.74) is 1.91. The maximum atomic E-state index is 12.5. The molecule has 130 valence electrons. The fraction of sp³-hybridized carbons (Fsp3) is 0.263. The van der Waals surface area contributed by atoms with Gasteiger partial charge < -0.3 is 14.8 Å². The van der Waals surface area contributed by atoms with Gasteiger partial charge in [-0.15, -0.1) is 0 Å². The molecule has 1 heterocycles. The minimum absolute atomic E-state index is 0.0651. The Morgan fingerprint density at radius 3 is 2.56 bits per heavy atom. The number of amides is 2. The van der Waals surface area contributed by atoms with Crippen molar-refractivity contribution >= 4 is 12.0 Å². The van der Waals surface area contributed by atoms with Gasteiger partial charge in [0, 0.05) is 6.54 Å². The zero-order valence-electron chi connectivity index (χ0n) is 14.0. The number of cyclic esters (lactones) is 1. The van der Waals surface area contributed by atoms with E-state index in [1.165, 1.54) is 4.90 Å². The van der Waals surface area contributed by atoms with Crippen LogP contribution in [0.1, 0.15) is 11.1 Å². The molecule has 0 saturated carbocycles. The molecule has 1 aliphatic heterocycles. The van der Waals surface area contributed by atoms with Crippen molar-refractivity contribution < 1.29 is 19.1 Å². The van der Waals surface area contributed by atoms with Crippen molar-refractivity contribution in [2.75, 3.05) is 13.7 Å². The van der Waals surface area contributed by atoms with Crippen molar-refractivity contribution in [2.45, 2.75) is 19.1 Å². The van der Waals surface area contributed by atoms with Gasteiger partial charge in [-0.25, -0.2) is 4.79 Å². The average Bonchev–Trinajstić information content (AvgIpc) is 3.02. The minimum atomic E-state index is -0.627. The van der Waals surface area contributed by atoms with E-state index in [4.69, 9.17) is 9.47 Å². The van der Waals surface area contributed by atoms with Crippen molar-refractivity contribution in [3.05, 3.63) is 65.7 Å². The quantitative estimate of drug-likeness (QED) is 0.876. The molecule has 25 heavy (non-hydrogen) atoms. The summed E-state index contributed by atoms with van der Waals surface area (Å²) in [6.45, 7) is 0.794. The Kier molecular flexibility index (Phi) is 5.18. The normalized spacial score (nSPS) is 16.4. The molecule has 6 nitrogen and oxygen atoms in total. The standard InChI is InChI=1S/C19H20N2O4/c1-24-16-9-7-15(8-10-16)12-21-17(13-25-19(21)23)18(22)20-11-14-5-3-2-4-6-14/h2-10,17H,11-13H2,1H3,(H,20,22)/t17-/m0/s1. The zero-order chi connectivity index (χ0) is 17.6. The molecule has 6 heteroatoms. The van der Waals surface area contributed by atoms with Crippen LogP contribution in [0.15, 0.2) is 54.6 Å². The van der Waals surface area contributed by atoms with Gasteiger partial charge in [0.05, 0.1) is 13.7 Å². The summed E-state index contributed by atoms with van der Waals surface area (Å²) in [6, 6.07) is 16.4. The zero-order valence-corrected chi connectivity index (χ0v) is 14.0. The Labute approximate surface area is 146 Å². The van der Waals surface area contributed by atoms with Gasteiger partial charge in [0.1, 0.15) is 18.4 Å². The van der Waals surface area contributed by atoms with Gasteiger partial charge in [-0.05, 0) is 23.3 Å². The second kappa shape index (κ2) is 7.70. The largest absolute Gasteiger partial charge is 0.497 e. The lowest BCUT2D eigenvalue weighted by Crippen LogP contribution is -2.45. The van der Waals surface area contributed by atoms with Gasteiger partial charge in [0.2, 0.25) is 5.91 Å². The Bertz CT molecular complexity index is 731. The van der Waals surface area contributed by atoms with E-state index in [2.05, 4.69) is 5.32 Å². The molecule has 0 radical (unpaired) electrons. The van der Waals surface area contributed by atoms with Gasteiger partial charge in [0.25, 0.3) is 0 Å². The highest BCUT2D eigenvalue weighted by Crippen LogP contribution is 2.19. The van der Waals surface area contributed by atoms with Gasteiger partial charge in [-0.3, -0.25) is 9.69 Å². The van der Waals surface area contributed by atoms with E-state index in [1.54, 1.807) is 7.11 Å². The number of rotatable bonds is 6. The highest BCUT2D eigenvalue weighted by molar-refractivity contribution is 5.87. The second-order valence-electron chi connectivity index (χ2n) is 5.77. The third-order valence-electron chi connectivity index (χ3n) is 4.10. The molecule has 1 atom stereocenters. The lowest BCUT2D eigenvalue weighted by molar-refractivity contribution is -0.125. The predicted molar refractivity (Wildman–Crippen MR) is 92.0 cm³/mol. The average molecular weight is 340 g/mol. The number of nitrogens with zero attached hydrogens (tertiary/aromatic N) is 1. The molecular weight excluding hydrogens is 320 g/mol. The van der Waals surface area contributed by atoms with Crippen molar-refractivity contribution in [1.29, 1.82) is 0 Å². The van der Waals surface area contributed by atoms with Crippen molar-refractivity contribution in [3.63, 3.8) is 0 Å². The van der Waals surface area contributed by atoms with Gasteiger partial charge in [-0.1, -0.05) is 42.5 Å². The molecule has 0 spiro atoms. The maximum Gasteiger partial charge on any atom is 0.410 e. The topological polar surface area (TPSA) is 67.9 Å². The minimum Gasteiger partial charge on any atom is -0.497 e. The third-order valence-corrected chi connectivity index (χ3v) is 4.10. The summed E-state index contributed by atoms with van der Waals surface area (Å²) in [5, 5.41) is 2.86. The van der Waals surface area contributed by atoms with Crippen LogP contribution >= 0.6 is 0 Å². The fourth-order valence-corrected chi connectivity index (χ4v) is 2.67. The molecule has 1 aliphatic rings. The van der Waals surface area contributed by atoms with Crippen molar-refractivity contribution in [2.24, 2.45) is 0 Å². The highest BCUT2D eigenvalue weighted by atomic mass is 16.6. The summed E-state index contributed by atoms with van der Waals surface area (Å²) in [5.74, 6) is 0.521. The fourth-order valence-electron chi connectivity index (χ4n) is 2.67. The van der Waals surface area contributed by atoms with Crippen LogP contribution in [0.3, 0.4) is 0 Å². The molecule has 2 aromatic rings. The molecule has 0 bridgehead atoms. The van der Waals surface area contributed by atoms with Crippen LogP contribution < -0.4 is 10.1 Å². The smallest absolute Gasteiger partial charge is 0.410 e. The third kappa shape index (κ3) is 4.09. The highest BCUT2D eigenvalue weighted by Gasteiger charge is 2.37.